The summed E-state index contributed by atoms with van der Waals surface area (Å²) in [7, 11) is 0. The molecule has 18 heavy (non-hydrogen) atoms. The first-order valence-electron chi connectivity index (χ1n) is 6.67. The van der Waals surface area contributed by atoms with Crippen LogP contribution in [-0.4, -0.2) is 0 Å². The smallest absolute Gasteiger partial charge is 0.0419 e. The third kappa shape index (κ3) is 2.89. The van der Waals surface area contributed by atoms with E-state index >= 15 is 0 Å². The van der Waals surface area contributed by atoms with Gasteiger partial charge in [0.1, 0.15) is 0 Å². The van der Waals surface area contributed by atoms with E-state index < -0.39 is 0 Å². The lowest BCUT2D eigenvalue weighted by Crippen LogP contribution is -2.49. The van der Waals surface area contributed by atoms with Gasteiger partial charge >= 0.3 is 0 Å². The second kappa shape index (κ2) is 4.25. The van der Waals surface area contributed by atoms with Crippen LogP contribution in [0.25, 0.3) is 0 Å². The highest BCUT2D eigenvalue weighted by molar-refractivity contribution is 6.30. The predicted octanol–water partition coefficient (Wildman–Crippen LogP) is 4.73. The van der Waals surface area contributed by atoms with Gasteiger partial charge in [0.25, 0.3) is 0 Å². The van der Waals surface area contributed by atoms with Crippen LogP contribution in [0.3, 0.4) is 0 Å². The summed E-state index contributed by atoms with van der Waals surface area (Å²) in [6.07, 6.45) is 3.29. The van der Waals surface area contributed by atoms with Crippen LogP contribution in [0.1, 0.15) is 52.5 Å². The van der Waals surface area contributed by atoms with Crippen LogP contribution in [0.15, 0.2) is 24.3 Å². The van der Waals surface area contributed by atoms with Crippen LogP contribution in [0.5, 0.6) is 0 Å². The summed E-state index contributed by atoms with van der Waals surface area (Å²) < 4.78 is 0. The third-order valence-electron chi connectivity index (χ3n) is 3.96. The second-order valence-corrected chi connectivity index (χ2v) is 7.96. The molecule has 1 saturated carbocycles. The Morgan fingerprint density at radius 2 is 1.33 bits per heavy atom. The van der Waals surface area contributed by atoms with Crippen molar-refractivity contribution < 1.29 is 0 Å². The number of benzene rings is 1. The van der Waals surface area contributed by atoms with Gasteiger partial charge < -0.3 is 5.73 Å². The van der Waals surface area contributed by atoms with Crippen molar-refractivity contribution in [2.45, 2.75) is 52.5 Å². The molecule has 1 fully saturated rings. The minimum atomic E-state index is -0.226. The monoisotopic (exact) mass is 265 g/mol. The van der Waals surface area contributed by atoms with E-state index in [0.717, 1.165) is 17.9 Å². The van der Waals surface area contributed by atoms with Crippen molar-refractivity contribution in [3.8, 4) is 0 Å². The maximum atomic E-state index is 6.74. The molecule has 1 aliphatic rings. The molecule has 0 aromatic heterocycles. The average Bonchev–Trinajstić information content (AvgIpc) is 2.12. The van der Waals surface area contributed by atoms with E-state index in [1.165, 1.54) is 12.0 Å². The van der Waals surface area contributed by atoms with Gasteiger partial charge in [0.2, 0.25) is 0 Å². The third-order valence-corrected chi connectivity index (χ3v) is 4.22. The van der Waals surface area contributed by atoms with Crippen molar-refractivity contribution in [3.05, 3.63) is 34.9 Å². The SMILES string of the molecule is CC1(C)CC(C)(C)CC(N)(c2ccc(Cl)cc2)C1. The zero-order valence-electron chi connectivity index (χ0n) is 11.9. The fraction of sp³-hybridized carbons (Fsp3) is 0.625. The molecule has 0 heterocycles. The van der Waals surface area contributed by atoms with E-state index in [1.54, 1.807) is 0 Å². The van der Waals surface area contributed by atoms with Gasteiger partial charge in [0, 0.05) is 10.6 Å². The zero-order chi connectivity index (χ0) is 13.6. The summed E-state index contributed by atoms with van der Waals surface area (Å²) in [6.45, 7) is 9.30. The lowest BCUT2D eigenvalue weighted by molar-refractivity contribution is 0.0471. The first kappa shape index (κ1) is 13.9. The van der Waals surface area contributed by atoms with Crippen LogP contribution in [0.2, 0.25) is 5.02 Å². The topological polar surface area (TPSA) is 26.0 Å². The Balaban J connectivity index is 2.37. The van der Waals surface area contributed by atoms with E-state index in [2.05, 4.69) is 39.8 Å². The van der Waals surface area contributed by atoms with Gasteiger partial charge in [0.05, 0.1) is 0 Å². The van der Waals surface area contributed by atoms with E-state index in [1.807, 2.05) is 12.1 Å². The summed E-state index contributed by atoms with van der Waals surface area (Å²) >= 11 is 5.97. The van der Waals surface area contributed by atoms with Crippen molar-refractivity contribution in [3.63, 3.8) is 0 Å². The van der Waals surface area contributed by atoms with Crippen molar-refractivity contribution in [1.82, 2.24) is 0 Å². The molecule has 2 rings (SSSR count). The summed E-state index contributed by atoms with van der Waals surface area (Å²) in [5.41, 5.74) is 8.30. The van der Waals surface area contributed by atoms with Crippen molar-refractivity contribution in [1.29, 1.82) is 0 Å². The number of rotatable bonds is 1. The Morgan fingerprint density at radius 1 is 0.889 bits per heavy atom. The Bertz CT molecular complexity index is 415. The Kier molecular flexibility index (Phi) is 3.28. The fourth-order valence-corrected chi connectivity index (χ4v) is 4.30. The van der Waals surface area contributed by atoms with Gasteiger partial charge in [-0.25, -0.2) is 0 Å². The van der Waals surface area contributed by atoms with Gasteiger partial charge in [-0.1, -0.05) is 51.4 Å². The van der Waals surface area contributed by atoms with Gasteiger partial charge in [-0.2, -0.15) is 0 Å². The van der Waals surface area contributed by atoms with E-state index in [4.69, 9.17) is 17.3 Å². The van der Waals surface area contributed by atoms with Gasteiger partial charge in [-0.3, -0.25) is 0 Å². The van der Waals surface area contributed by atoms with Crippen LogP contribution < -0.4 is 5.73 Å². The van der Waals surface area contributed by atoms with Crippen LogP contribution in [0.4, 0.5) is 0 Å². The maximum Gasteiger partial charge on any atom is 0.0419 e. The summed E-state index contributed by atoms with van der Waals surface area (Å²) in [4.78, 5) is 0. The number of hydrogen-bond acceptors (Lipinski definition) is 1. The molecular weight excluding hydrogens is 242 g/mol. The van der Waals surface area contributed by atoms with E-state index in [9.17, 15) is 0 Å². The molecule has 0 bridgehead atoms. The number of halogens is 1. The summed E-state index contributed by atoms with van der Waals surface area (Å²) in [5, 5.41) is 0.775. The predicted molar refractivity (Wildman–Crippen MR) is 78.7 cm³/mol. The molecule has 0 unspecified atom stereocenters. The summed E-state index contributed by atoms with van der Waals surface area (Å²) in [6, 6.07) is 8.06. The largest absolute Gasteiger partial charge is 0.321 e. The minimum absolute atomic E-state index is 0.226. The summed E-state index contributed by atoms with van der Waals surface area (Å²) in [5.74, 6) is 0. The highest BCUT2D eigenvalue weighted by atomic mass is 35.5. The van der Waals surface area contributed by atoms with Crippen LogP contribution >= 0.6 is 11.6 Å². The Hall–Kier alpha value is -0.530. The molecule has 2 heteroatoms. The fourth-order valence-electron chi connectivity index (χ4n) is 4.18. The molecule has 0 atom stereocenters. The maximum absolute atomic E-state index is 6.74. The highest BCUT2D eigenvalue weighted by Gasteiger charge is 2.45. The van der Waals surface area contributed by atoms with E-state index in [-0.39, 0.29) is 16.4 Å². The molecule has 2 N–H and O–H groups in total. The Labute approximate surface area is 116 Å². The minimum Gasteiger partial charge on any atom is -0.321 e. The quantitative estimate of drug-likeness (QED) is 0.780. The molecule has 1 nitrogen and oxygen atoms in total. The van der Waals surface area contributed by atoms with Crippen LogP contribution in [0, 0.1) is 10.8 Å². The molecular formula is C16H24ClN. The van der Waals surface area contributed by atoms with Gasteiger partial charge in [0.15, 0.2) is 0 Å². The molecule has 0 amide bonds. The average molecular weight is 266 g/mol. The molecule has 100 valence electrons. The van der Waals surface area contributed by atoms with Gasteiger partial charge in [-0.05, 0) is 47.8 Å². The van der Waals surface area contributed by atoms with E-state index in [0.29, 0.717) is 0 Å². The van der Waals surface area contributed by atoms with Crippen molar-refractivity contribution in [2.75, 3.05) is 0 Å². The van der Waals surface area contributed by atoms with Crippen LogP contribution in [-0.2, 0) is 5.54 Å². The molecule has 0 radical (unpaired) electrons. The normalized spacial score (nSPS) is 24.8. The number of hydrogen-bond donors (Lipinski definition) is 1. The first-order chi connectivity index (χ1) is 8.12. The standard InChI is InChI=1S/C16H24ClN/c1-14(2)9-15(3,4)11-16(18,10-14)12-5-7-13(17)8-6-12/h5-8H,9-11,18H2,1-4H3. The lowest BCUT2D eigenvalue weighted by atomic mass is 9.57. The lowest BCUT2D eigenvalue weighted by Gasteiger charge is -2.50. The zero-order valence-corrected chi connectivity index (χ0v) is 12.6. The Morgan fingerprint density at radius 3 is 1.78 bits per heavy atom. The van der Waals surface area contributed by atoms with Crippen molar-refractivity contribution in [2.24, 2.45) is 16.6 Å². The molecule has 0 aliphatic heterocycles. The van der Waals surface area contributed by atoms with Crippen molar-refractivity contribution >= 4 is 11.6 Å². The molecule has 1 aliphatic carbocycles. The molecule has 1 aromatic carbocycles. The van der Waals surface area contributed by atoms with Gasteiger partial charge in [-0.15, -0.1) is 0 Å². The highest BCUT2D eigenvalue weighted by Crippen LogP contribution is 2.52. The second-order valence-electron chi connectivity index (χ2n) is 7.52. The number of nitrogens with two attached hydrogens (primary N) is 1. The molecule has 0 saturated heterocycles. The molecule has 1 aromatic rings. The molecule has 0 spiro atoms. The first-order valence-corrected chi connectivity index (χ1v) is 7.05.